The maximum Gasteiger partial charge on any atom is 0.318 e. The van der Waals surface area contributed by atoms with E-state index >= 15 is 0 Å². The van der Waals surface area contributed by atoms with E-state index in [2.05, 4.69) is 20.8 Å². The highest BCUT2D eigenvalue weighted by molar-refractivity contribution is 8.01. The molecule has 2 fully saturated rings. The molecule has 2 rings (SSSR count). The number of carbonyl (C=O) groups is 1. The molecule has 0 saturated heterocycles. The first-order valence-electron chi connectivity index (χ1n) is 6.54. The number of rotatable bonds is 3. The van der Waals surface area contributed by atoms with E-state index in [4.69, 9.17) is 4.74 Å². The van der Waals surface area contributed by atoms with E-state index < -0.39 is 0 Å². The molecule has 0 amide bonds. The van der Waals surface area contributed by atoms with E-state index in [1.807, 2.05) is 18.7 Å². The van der Waals surface area contributed by atoms with Gasteiger partial charge in [0.2, 0.25) is 0 Å². The maximum atomic E-state index is 11.5. The Morgan fingerprint density at radius 2 is 1.94 bits per heavy atom. The third-order valence-corrected chi connectivity index (χ3v) is 6.53. The van der Waals surface area contributed by atoms with Gasteiger partial charge in [-0.3, -0.25) is 4.79 Å². The Morgan fingerprint density at radius 3 is 2.35 bits per heavy atom. The Morgan fingerprint density at radius 1 is 1.29 bits per heavy atom. The summed E-state index contributed by atoms with van der Waals surface area (Å²) < 4.78 is 5.11. The second-order valence-electron chi connectivity index (χ2n) is 6.62. The van der Waals surface area contributed by atoms with Crippen LogP contribution < -0.4 is 0 Å². The van der Waals surface area contributed by atoms with Crippen LogP contribution in [-0.4, -0.2) is 23.1 Å². The molecule has 0 aliphatic heterocycles. The van der Waals surface area contributed by atoms with Gasteiger partial charge in [-0.25, -0.2) is 0 Å². The fourth-order valence-electron chi connectivity index (χ4n) is 3.79. The van der Waals surface area contributed by atoms with Crippen molar-refractivity contribution in [3.63, 3.8) is 0 Å². The number of hydrogen-bond acceptors (Lipinski definition) is 3. The zero-order valence-electron chi connectivity index (χ0n) is 11.6. The smallest absolute Gasteiger partial charge is 0.318 e. The monoisotopic (exact) mass is 256 g/mol. The molecule has 3 heteroatoms. The SMILES string of the molecule is COC(=O)C(C)SC1(C)CC2CC1CC2(C)C. The molecule has 0 N–H and O–H groups in total. The molecule has 0 spiro atoms. The lowest BCUT2D eigenvalue weighted by Gasteiger charge is -2.41. The van der Waals surface area contributed by atoms with Gasteiger partial charge in [0.25, 0.3) is 0 Å². The molecule has 17 heavy (non-hydrogen) atoms. The molecule has 2 bridgehead atoms. The van der Waals surface area contributed by atoms with Gasteiger partial charge < -0.3 is 4.74 Å². The number of thioether (sulfide) groups is 1. The van der Waals surface area contributed by atoms with Crippen molar-refractivity contribution < 1.29 is 9.53 Å². The van der Waals surface area contributed by atoms with Crippen LogP contribution in [0, 0.1) is 17.3 Å². The van der Waals surface area contributed by atoms with Gasteiger partial charge in [-0.2, -0.15) is 0 Å². The number of esters is 1. The highest BCUT2D eigenvalue weighted by Crippen LogP contribution is 2.64. The Kier molecular flexibility index (Phi) is 3.26. The Bertz CT molecular complexity index is 326. The summed E-state index contributed by atoms with van der Waals surface area (Å²) in [5.41, 5.74) is 0.513. The summed E-state index contributed by atoms with van der Waals surface area (Å²) in [4.78, 5) is 11.5. The van der Waals surface area contributed by atoms with Crippen molar-refractivity contribution >= 4 is 17.7 Å². The lowest BCUT2D eigenvalue weighted by Crippen LogP contribution is -2.37. The molecule has 0 aromatic carbocycles. The van der Waals surface area contributed by atoms with Crippen molar-refractivity contribution in [1.29, 1.82) is 0 Å². The standard InChI is InChI=1S/C14H24O2S/c1-9(12(15)16-5)17-14(4)8-10-6-11(14)7-13(10,2)3/h9-11H,6-8H2,1-5H3. The molecule has 0 radical (unpaired) electrons. The van der Waals surface area contributed by atoms with Crippen LogP contribution in [0.1, 0.15) is 47.0 Å². The highest BCUT2D eigenvalue weighted by Gasteiger charge is 2.56. The Hall–Kier alpha value is -0.180. The summed E-state index contributed by atoms with van der Waals surface area (Å²) in [5.74, 6) is 1.53. The summed E-state index contributed by atoms with van der Waals surface area (Å²) >= 11 is 1.83. The summed E-state index contributed by atoms with van der Waals surface area (Å²) in [6.45, 7) is 9.10. The van der Waals surface area contributed by atoms with E-state index in [0.717, 1.165) is 11.8 Å². The Balaban J connectivity index is 2.02. The van der Waals surface area contributed by atoms with Crippen LogP contribution in [0.3, 0.4) is 0 Å². The van der Waals surface area contributed by atoms with Gasteiger partial charge in [0.1, 0.15) is 5.25 Å². The van der Waals surface area contributed by atoms with Crippen molar-refractivity contribution in [1.82, 2.24) is 0 Å². The molecule has 0 heterocycles. The van der Waals surface area contributed by atoms with Crippen molar-refractivity contribution in [2.75, 3.05) is 7.11 Å². The molecule has 2 saturated carbocycles. The van der Waals surface area contributed by atoms with E-state index in [1.165, 1.54) is 26.4 Å². The maximum absolute atomic E-state index is 11.5. The molecule has 0 aromatic rings. The minimum absolute atomic E-state index is 0.0348. The molecular weight excluding hydrogens is 232 g/mol. The molecular formula is C14H24O2S. The van der Waals surface area contributed by atoms with E-state index in [-0.39, 0.29) is 16.0 Å². The summed E-state index contributed by atoms with van der Waals surface area (Å²) in [5, 5.41) is -0.0348. The van der Waals surface area contributed by atoms with Gasteiger partial charge in [0, 0.05) is 4.75 Å². The third kappa shape index (κ3) is 2.23. The first-order chi connectivity index (χ1) is 7.78. The number of ether oxygens (including phenoxy) is 1. The lowest BCUT2D eigenvalue weighted by atomic mass is 9.73. The molecule has 0 aromatic heterocycles. The first-order valence-corrected chi connectivity index (χ1v) is 7.42. The lowest BCUT2D eigenvalue weighted by molar-refractivity contribution is -0.139. The number of hydrogen-bond donors (Lipinski definition) is 0. The van der Waals surface area contributed by atoms with Crippen molar-refractivity contribution in [3.05, 3.63) is 0 Å². The minimum Gasteiger partial charge on any atom is -0.468 e. The third-order valence-electron chi connectivity index (χ3n) is 4.94. The topological polar surface area (TPSA) is 26.3 Å². The van der Waals surface area contributed by atoms with Crippen molar-refractivity contribution in [2.24, 2.45) is 17.3 Å². The predicted octanol–water partition coefficient (Wildman–Crippen LogP) is 3.50. The van der Waals surface area contributed by atoms with E-state index in [0.29, 0.717) is 5.41 Å². The van der Waals surface area contributed by atoms with Gasteiger partial charge in [-0.15, -0.1) is 11.8 Å². The largest absolute Gasteiger partial charge is 0.468 e. The van der Waals surface area contributed by atoms with Gasteiger partial charge in [0.05, 0.1) is 7.11 Å². The number of fused-ring (bicyclic) bond motifs is 2. The zero-order valence-corrected chi connectivity index (χ0v) is 12.4. The molecule has 4 atom stereocenters. The van der Waals surface area contributed by atoms with Crippen LogP contribution in [0.4, 0.5) is 0 Å². The second-order valence-corrected chi connectivity index (χ2v) is 8.50. The van der Waals surface area contributed by atoms with Crippen molar-refractivity contribution in [2.45, 2.75) is 57.0 Å². The Labute approximate surface area is 109 Å². The first kappa shape index (κ1) is 13.3. The van der Waals surface area contributed by atoms with Crippen LogP contribution in [0.5, 0.6) is 0 Å². The fourth-order valence-corrected chi connectivity index (χ4v) is 5.46. The van der Waals surface area contributed by atoms with E-state index in [1.54, 1.807) is 0 Å². The van der Waals surface area contributed by atoms with Crippen LogP contribution in [0.15, 0.2) is 0 Å². The number of methoxy groups -OCH3 is 1. The van der Waals surface area contributed by atoms with Crippen LogP contribution >= 0.6 is 11.8 Å². The summed E-state index contributed by atoms with van der Waals surface area (Å²) in [6.07, 6.45) is 3.93. The predicted molar refractivity (Wildman–Crippen MR) is 72.1 cm³/mol. The van der Waals surface area contributed by atoms with E-state index in [9.17, 15) is 4.79 Å². The zero-order chi connectivity index (χ0) is 12.8. The molecule has 2 nitrogen and oxygen atoms in total. The molecule has 2 aliphatic rings. The molecule has 98 valence electrons. The second kappa shape index (κ2) is 4.18. The molecule has 4 unspecified atom stereocenters. The normalized spacial score (nSPS) is 40.3. The summed E-state index contributed by atoms with van der Waals surface area (Å²) in [7, 11) is 1.48. The van der Waals surface area contributed by atoms with Crippen LogP contribution in [0.2, 0.25) is 0 Å². The van der Waals surface area contributed by atoms with Crippen molar-refractivity contribution in [3.8, 4) is 0 Å². The van der Waals surface area contributed by atoms with Gasteiger partial charge in [-0.1, -0.05) is 20.8 Å². The van der Waals surface area contributed by atoms with Crippen LogP contribution in [0.25, 0.3) is 0 Å². The molecule has 2 aliphatic carbocycles. The highest BCUT2D eigenvalue weighted by atomic mass is 32.2. The number of carbonyl (C=O) groups excluding carboxylic acids is 1. The fraction of sp³-hybridized carbons (Fsp3) is 0.929. The minimum atomic E-state index is -0.0849. The average Bonchev–Trinajstić information content (AvgIpc) is 2.68. The van der Waals surface area contributed by atoms with Gasteiger partial charge >= 0.3 is 5.97 Å². The van der Waals surface area contributed by atoms with Crippen LogP contribution in [-0.2, 0) is 9.53 Å². The average molecular weight is 256 g/mol. The summed E-state index contributed by atoms with van der Waals surface area (Å²) in [6, 6.07) is 0. The van der Waals surface area contributed by atoms with Gasteiger partial charge in [0.15, 0.2) is 0 Å². The quantitative estimate of drug-likeness (QED) is 0.723. The van der Waals surface area contributed by atoms with Gasteiger partial charge in [-0.05, 0) is 43.4 Å².